The van der Waals surface area contributed by atoms with Crippen molar-refractivity contribution in [1.82, 2.24) is 4.90 Å². The molecule has 0 aliphatic heterocycles. The summed E-state index contributed by atoms with van der Waals surface area (Å²) in [4.78, 5) is 2.19. The van der Waals surface area contributed by atoms with E-state index in [0.29, 0.717) is 13.1 Å². The highest BCUT2D eigenvalue weighted by Crippen LogP contribution is 2.13. The number of furan rings is 1. The zero-order valence-corrected chi connectivity index (χ0v) is 11.1. The SMILES string of the molecule is CCN(Cc1cc(F)cc(CN)c1)Cc1ccco1. The van der Waals surface area contributed by atoms with Gasteiger partial charge in [-0.2, -0.15) is 0 Å². The van der Waals surface area contributed by atoms with Gasteiger partial charge in [-0.3, -0.25) is 4.90 Å². The minimum absolute atomic E-state index is 0.230. The second kappa shape index (κ2) is 6.50. The van der Waals surface area contributed by atoms with Crippen molar-refractivity contribution >= 4 is 0 Å². The van der Waals surface area contributed by atoms with Crippen LogP contribution in [0, 0.1) is 5.82 Å². The summed E-state index contributed by atoms with van der Waals surface area (Å²) in [7, 11) is 0. The van der Waals surface area contributed by atoms with E-state index in [4.69, 9.17) is 10.2 Å². The minimum Gasteiger partial charge on any atom is -0.468 e. The maximum absolute atomic E-state index is 13.5. The molecule has 0 saturated heterocycles. The number of hydrogen-bond acceptors (Lipinski definition) is 3. The molecule has 0 aliphatic carbocycles. The van der Waals surface area contributed by atoms with Crippen LogP contribution in [0.2, 0.25) is 0 Å². The fourth-order valence-electron chi connectivity index (χ4n) is 2.09. The average molecular weight is 262 g/mol. The number of rotatable bonds is 6. The molecule has 0 bridgehead atoms. The topological polar surface area (TPSA) is 42.4 Å². The number of nitrogens with two attached hydrogens (primary N) is 1. The van der Waals surface area contributed by atoms with Gasteiger partial charge in [-0.25, -0.2) is 4.39 Å². The van der Waals surface area contributed by atoms with Crippen LogP contribution in [0.25, 0.3) is 0 Å². The molecular weight excluding hydrogens is 243 g/mol. The number of hydrogen-bond donors (Lipinski definition) is 1. The number of halogens is 1. The maximum atomic E-state index is 13.5. The van der Waals surface area contributed by atoms with Crippen LogP contribution in [0.3, 0.4) is 0 Å². The van der Waals surface area contributed by atoms with Gasteiger partial charge >= 0.3 is 0 Å². The number of nitrogens with zero attached hydrogens (tertiary/aromatic N) is 1. The van der Waals surface area contributed by atoms with Gasteiger partial charge in [0.1, 0.15) is 11.6 Å². The molecule has 19 heavy (non-hydrogen) atoms. The Morgan fingerprint density at radius 2 is 2.00 bits per heavy atom. The van der Waals surface area contributed by atoms with E-state index in [9.17, 15) is 4.39 Å². The molecule has 1 aromatic carbocycles. The van der Waals surface area contributed by atoms with Gasteiger partial charge in [-0.05, 0) is 41.9 Å². The van der Waals surface area contributed by atoms with Crippen LogP contribution in [-0.2, 0) is 19.6 Å². The van der Waals surface area contributed by atoms with E-state index in [1.54, 1.807) is 12.3 Å². The largest absolute Gasteiger partial charge is 0.468 e. The normalized spacial score (nSPS) is 11.2. The summed E-state index contributed by atoms with van der Waals surface area (Å²) in [6.07, 6.45) is 1.66. The van der Waals surface area contributed by atoms with Gasteiger partial charge in [0.25, 0.3) is 0 Å². The van der Waals surface area contributed by atoms with Crippen LogP contribution < -0.4 is 5.73 Å². The monoisotopic (exact) mass is 262 g/mol. The van der Waals surface area contributed by atoms with Gasteiger partial charge in [0.15, 0.2) is 0 Å². The fraction of sp³-hybridized carbons (Fsp3) is 0.333. The van der Waals surface area contributed by atoms with Gasteiger partial charge in [0.2, 0.25) is 0 Å². The molecule has 0 fully saturated rings. The first-order valence-corrected chi connectivity index (χ1v) is 6.44. The highest BCUT2D eigenvalue weighted by molar-refractivity contribution is 5.24. The molecule has 3 nitrogen and oxygen atoms in total. The third-order valence-corrected chi connectivity index (χ3v) is 3.07. The molecule has 0 amide bonds. The lowest BCUT2D eigenvalue weighted by Crippen LogP contribution is -2.22. The second-order valence-electron chi connectivity index (χ2n) is 4.55. The summed E-state index contributed by atoms with van der Waals surface area (Å²) >= 11 is 0. The molecule has 0 unspecified atom stereocenters. The first kappa shape index (κ1) is 13.8. The molecule has 0 aliphatic rings. The molecule has 102 valence electrons. The van der Waals surface area contributed by atoms with Crippen LogP contribution in [0.15, 0.2) is 41.0 Å². The number of benzene rings is 1. The first-order chi connectivity index (χ1) is 9.21. The summed E-state index contributed by atoms with van der Waals surface area (Å²) in [5.74, 6) is 0.685. The fourth-order valence-corrected chi connectivity index (χ4v) is 2.09. The summed E-state index contributed by atoms with van der Waals surface area (Å²) in [6.45, 7) is 4.70. The van der Waals surface area contributed by atoms with E-state index in [1.165, 1.54) is 6.07 Å². The van der Waals surface area contributed by atoms with Crippen LogP contribution in [0.5, 0.6) is 0 Å². The Morgan fingerprint density at radius 3 is 2.63 bits per heavy atom. The van der Waals surface area contributed by atoms with Crippen molar-refractivity contribution in [2.24, 2.45) is 5.73 Å². The van der Waals surface area contributed by atoms with Crippen molar-refractivity contribution in [2.75, 3.05) is 6.54 Å². The first-order valence-electron chi connectivity index (χ1n) is 6.44. The zero-order valence-electron chi connectivity index (χ0n) is 11.1. The summed E-state index contributed by atoms with van der Waals surface area (Å²) < 4.78 is 18.8. The molecule has 0 saturated carbocycles. The van der Waals surface area contributed by atoms with E-state index in [-0.39, 0.29) is 5.82 Å². The Kier molecular flexibility index (Phi) is 4.71. The smallest absolute Gasteiger partial charge is 0.123 e. The predicted octanol–water partition coefficient (Wildman–Crippen LogP) is 2.90. The van der Waals surface area contributed by atoms with Gasteiger partial charge in [0, 0.05) is 13.1 Å². The Morgan fingerprint density at radius 1 is 1.21 bits per heavy atom. The Bertz CT molecular complexity index is 511. The second-order valence-corrected chi connectivity index (χ2v) is 4.55. The van der Waals surface area contributed by atoms with Crippen LogP contribution in [0.4, 0.5) is 4.39 Å². The van der Waals surface area contributed by atoms with Crippen LogP contribution in [0.1, 0.15) is 23.8 Å². The van der Waals surface area contributed by atoms with Gasteiger partial charge in [-0.15, -0.1) is 0 Å². The standard InChI is InChI=1S/C15H19FN2O/c1-2-18(11-15-4-3-5-19-15)10-13-6-12(9-17)7-14(16)8-13/h3-8H,2,9-11,17H2,1H3. The molecule has 0 spiro atoms. The van der Waals surface area contributed by atoms with Crippen molar-refractivity contribution in [2.45, 2.75) is 26.6 Å². The van der Waals surface area contributed by atoms with E-state index in [2.05, 4.69) is 11.8 Å². The van der Waals surface area contributed by atoms with Crippen molar-refractivity contribution < 1.29 is 8.81 Å². The lowest BCUT2D eigenvalue weighted by atomic mass is 10.1. The van der Waals surface area contributed by atoms with E-state index >= 15 is 0 Å². The van der Waals surface area contributed by atoms with Crippen molar-refractivity contribution in [3.63, 3.8) is 0 Å². The molecular formula is C15H19FN2O. The highest BCUT2D eigenvalue weighted by Gasteiger charge is 2.08. The van der Waals surface area contributed by atoms with Crippen molar-refractivity contribution in [1.29, 1.82) is 0 Å². The molecule has 4 heteroatoms. The molecule has 0 atom stereocenters. The Labute approximate surface area is 112 Å². The van der Waals surface area contributed by atoms with Gasteiger partial charge in [0.05, 0.1) is 12.8 Å². The summed E-state index contributed by atoms with van der Waals surface area (Å²) in [6, 6.07) is 8.81. The van der Waals surface area contributed by atoms with Gasteiger partial charge in [-0.1, -0.05) is 13.0 Å². The highest BCUT2D eigenvalue weighted by atomic mass is 19.1. The third kappa shape index (κ3) is 3.91. The minimum atomic E-state index is -0.230. The quantitative estimate of drug-likeness (QED) is 0.870. The molecule has 2 rings (SSSR count). The summed E-state index contributed by atoms with van der Waals surface area (Å²) in [5, 5.41) is 0. The molecule has 0 radical (unpaired) electrons. The lowest BCUT2D eigenvalue weighted by molar-refractivity contribution is 0.247. The Hall–Kier alpha value is -1.65. The predicted molar refractivity (Wildman–Crippen MR) is 72.8 cm³/mol. The Balaban J connectivity index is 2.07. The van der Waals surface area contributed by atoms with Crippen molar-refractivity contribution in [3.8, 4) is 0 Å². The lowest BCUT2D eigenvalue weighted by Gasteiger charge is -2.19. The van der Waals surface area contributed by atoms with E-state index in [1.807, 2.05) is 18.2 Å². The zero-order chi connectivity index (χ0) is 13.7. The van der Waals surface area contributed by atoms with Crippen LogP contribution in [-0.4, -0.2) is 11.4 Å². The average Bonchev–Trinajstić information content (AvgIpc) is 2.90. The van der Waals surface area contributed by atoms with Crippen molar-refractivity contribution in [3.05, 3.63) is 59.3 Å². The third-order valence-electron chi connectivity index (χ3n) is 3.07. The van der Waals surface area contributed by atoms with Crippen LogP contribution >= 0.6 is 0 Å². The van der Waals surface area contributed by atoms with Gasteiger partial charge < -0.3 is 10.2 Å². The summed E-state index contributed by atoms with van der Waals surface area (Å²) in [5.41, 5.74) is 7.33. The molecule has 1 heterocycles. The van der Waals surface area contributed by atoms with E-state index in [0.717, 1.165) is 30.0 Å². The van der Waals surface area contributed by atoms with E-state index < -0.39 is 0 Å². The molecule has 2 aromatic rings. The maximum Gasteiger partial charge on any atom is 0.123 e. The molecule has 1 aromatic heterocycles. The molecule has 2 N–H and O–H groups in total.